The van der Waals surface area contributed by atoms with Crippen LogP contribution in [0.25, 0.3) is 11.0 Å². The van der Waals surface area contributed by atoms with E-state index < -0.39 is 0 Å². The quantitative estimate of drug-likeness (QED) is 0.881. The third-order valence-corrected chi connectivity index (χ3v) is 3.44. The summed E-state index contributed by atoms with van der Waals surface area (Å²) in [6, 6.07) is 5.74. The molecule has 0 unspecified atom stereocenters. The van der Waals surface area contributed by atoms with E-state index in [9.17, 15) is 9.59 Å². The van der Waals surface area contributed by atoms with Crippen LogP contribution in [0.3, 0.4) is 0 Å². The molecule has 0 atom stereocenters. The molecule has 1 aliphatic rings. The number of imidazole rings is 1. The van der Waals surface area contributed by atoms with Crippen molar-refractivity contribution in [2.24, 2.45) is 0 Å². The van der Waals surface area contributed by atoms with Crippen LogP contribution in [0.15, 0.2) is 24.5 Å². The lowest BCUT2D eigenvalue weighted by Gasteiger charge is -2.25. The Bertz CT molecular complexity index is 632. The number of amides is 1. The molecular formula is C14H15N3O2. The van der Waals surface area contributed by atoms with Crippen LogP contribution in [0.4, 0.5) is 0 Å². The van der Waals surface area contributed by atoms with E-state index in [0.29, 0.717) is 19.4 Å². The minimum Gasteiger partial charge on any atom is -0.345 e. The zero-order valence-corrected chi connectivity index (χ0v) is 10.6. The molecule has 2 heterocycles. The molecule has 1 aromatic carbocycles. The number of carbonyl (C=O) groups excluding carboxylic acids is 2. The van der Waals surface area contributed by atoms with E-state index in [1.165, 1.54) is 0 Å². The Morgan fingerprint density at radius 1 is 1.42 bits per heavy atom. The SMILES string of the molecule is O=C1CCCN(C(=O)Cc2ccc3nc[nH]c3c2)C1. The summed E-state index contributed by atoms with van der Waals surface area (Å²) in [7, 11) is 0. The molecule has 19 heavy (non-hydrogen) atoms. The van der Waals surface area contributed by atoms with Crippen LogP contribution in [0.5, 0.6) is 0 Å². The third kappa shape index (κ3) is 2.50. The number of likely N-dealkylation sites (tertiary alicyclic amines) is 1. The topological polar surface area (TPSA) is 66.1 Å². The van der Waals surface area contributed by atoms with Crippen molar-refractivity contribution in [2.45, 2.75) is 19.3 Å². The van der Waals surface area contributed by atoms with Gasteiger partial charge in [0.05, 0.1) is 30.3 Å². The van der Waals surface area contributed by atoms with Crippen LogP contribution >= 0.6 is 0 Å². The van der Waals surface area contributed by atoms with Crippen molar-refractivity contribution in [3.63, 3.8) is 0 Å². The molecule has 3 rings (SSSR count). The van der Waals surface area contributed by atoms with Crippen LogP contribution in [0, 0.1) is 0 Å². The van der Waals surface area contributed by atoms with E-state index in [0.717, 1.165) is 23.0 Å². The third-order valence-electron chi connectivity index (χ3n) is 3.44. The number of nitrogens with zero attached hydrogens (tertiary/aromatic N) is 2. The van der Waals surface area contributed by atoms with Crippen molar-refractivity contribution in [1.82, 2.24) is 14.9 Å². The highest BCUT2D eigenvalue weighted by Gasteiger charge is 2.21. The van der Waals surface area contributed by atoms with Crippen molar-refractivity contribution in [3.8, 4) is 0 Å². The number of rotatable bonds is 2. The summed E-state index contributed by atoms with van der Waals surface area (Å²) in [4.78, 5) is 32.3. The van der Waals surface area contributed by atoms with E-state index in [1.807, 2.05) is 18.2 Å². The summed E-state index contributed by atoms with van der Waals surface area (Å²) in [5.41, 5.74) is 2.77. The molecule has 1 N–H and O–H groups in total. The number of piperidine rings is 1. The van der Waals surface area contributed by atoms with Crippen LogP contribution in [0.1, 0.15) is 18.4 Å². The molecular weight excluding hydrogens is 242 g/mol. The van der Waals surface area contributed by atoms with Crippen LogP contribution < -0.4 is 0 Å². The Labute approximate surface area is 110 Å². The predicted molar refractivity (Wildman–Crippen MR) is 70.6 cm³/mol. The van der Waals surface area contributed by atoms with Gasteiger partial charge in [0, 0.05) is 13.0 Å². The predicted octanol–water partition coefficient (Wildman–Crippen LogP) is 1.30. The first kappa shape index (κ1) is 11.9. The number of hydrogen-bond donors (Lipinski definition) is 1. The summed E-state index contributed by atoms with van der Waals surface area (Å²) < 4.78 is 0. The number of aromatic nitrogens is 2. The van der Waals surface area contributed by atoms with Gasteiger partial charge in [-0.3, -0.25) is 9.59 Å². The van der Waals surface area contributed by atoms with Gasteiger partial charge in [-0.05, 0) is 24.1 Å². The fourth-order valence-electron chi connectivity index (χ4n) is 2.43. The molecule has 2 aromatic rings. The van der Waals surface area contributed by atoms with Gasteiger partial charge in [-0.1, -0.05) is 6.07 Å². The Morgan fingerprint density at radius 2 is 2.32 bits per heavy atom. The van der Waals surface area contributed by atoms with Crippen LogP contribution in [0.2, 0.25) is 0 Å². The minimum atomic E-state index is 0.0203. The molecule has 98 valence electrons. The fourth-order valence-corrected chi connectivity index (χ4v) is 2.43. The van der Waals surface area contributed by atoms with Crippen LogP contribution in [-0.4, -0.2) is 39.6 Å². The maximum absolute atomic E-state index is 12.1. The van der Waals surface area contributed by atoms with Gasteiger partial charge in [-0.2, -0.15) is 0 Å². The van der Waals surface area contributed by atoms with Gasteiger partial charge < -0.3 is 9.88 Å². The number of carbonyl (C=O) groups is 2. The number of benzene rings is 1. The molecule has 0 spiro atoms. The second-order valence-corrected chi connectivity index (χ2v) is 4.89. The summed E-state index contributed by atoms with van der Waals surface area (Å²) in [6.45, 7) is 0.960. The first-order chi connectivity index (χ1) is 9.22. The molecule has 1 amide bonds. The van der Waals surface area contributed by atoms with Gasteiger partial charge in [-0.25, -0.2) is 4.98 Å². The Balaban J connectivity index is 1.72. The molecule has 1 fully saturated rings. The van der Waals surface area contributed by atoms with Crippen molar-refractivity contribution in [2.75, 3.05) is 13.1 Å². The molecule has 5 heteroatoms. The number of ketones is 1. The zero-order chi connectivity index (χ0) is 13.2. The van der Waals surface area contributed by atoms with E-state index in [-0.39, 0.29) is 18.2 Å². The first-order valence-corrected chi connectivity index (χ1v) is 6.44. The lowest BCUT2D eigenvalue weighted by Crippen LogP contribution is -2.40. The number of hydrogen-bond acceptors (Lipinski definition) is 3. The van der Waals surface area contributed by atoms with E-state index >= 15 is 0 Å². The number of H-pyrrole nitrogens is 1. The molecule has 0 aliphatic carbocycles. The highest BCUT2D eigenvalue weighted by molar-refractivity contribution is 5.88. The highest BCUT2D eigenvalue weighted by atomic mass is 16.2. The largest absolute Gasteiger partial charge is 0.345 e. The van der Waals surface area contributed by atoms with Crippen LogP contribution in [-0.2, 0) is 16.0 Å². The monoisotopic (exact) mass is 257 g/mol. The smallest absolute Gasteiger partial charge is 0.227 e. The van der Waals surface area contributed by atoms with Gasteiger partial charge in [0.15, 0.2) is 5.78 Å². The van der Waals surface area contributed by atoms with Gasteiger partial charge in [-0.15, -0.1) is 0 Å². The summed E-state index contributed by atoms with van der Waals surface area (Å²) in [6.07, 6.45) is 3.36. The van der Waals surface area contributed by atoms with Crippen molar-refractivity contribution in [3.05, 3.63) is 30.1 Å². The van der Waals surface area contributed by atoms with Gasteiger partial charge >= 0.3 is 0 Å². The van der Waals surface area contributed by atoms with E-state index in [4.69, 9.17) is 0 Å². The summed E-state index contributed by atoms with van der Waals surface area (Å²) >= 11 is 0. The van der Waals surface area contributed by atoms with Gasteiger partial charge in [0.2, 0.25) is 5.91 Å². The molecule has 0 bridgehead atoms. The molecule has 1 saturated heterocycles. The molecule has 0 saturated carbocycles. The Kier molecular flexibility index (Phi) is 3.03. The van der Waals surface area contributed by atoms with Crippen molar-refractivity contribution in [1.29, 1.82) is 0 Å². The maximum atomic E-state index is 12.1. The van der Waals surface area contributed by atoms with Crippen molar-refractivity contribution >= 4 is 22.7 Å². The normalized spacial score (nSPS) is 16.0. The summed E-state index contributed by atoms with van der Waals surface area (Å²) in [5.74, 6) is 0.176. The van der Waals surface area contributed by atoms with Gasteiger partial charge in [0.25, 0.3) is 0 Å². The zero-order valence-electron chi connectivity index (χ0n) is 10.6. The second kappa shape index (κ2) is 4.84. The lowest BCUT2D eigenvalue weighted by molar-refractivity contribution is -0.137. The number of fused-ring (bicyclic) bond motifs is 1. The maximum Gasteiger partial charge on any atom is 0.227 e. The Morgan fingerprint density at radius 3 is 3.16 bits per heavy atom. The fraction of sp³-hybridized carbons (Fsp3) is 0.357. The van der Waals surface area contributed by atoms with E-state index in [2.05, 4.69) is 9.97 Å². The number of nitrogens with one attached hydrogen (secondary N) is 1. The number of aromatic amines is 1. The highest BCUT2D eigenvalue weighted by Crippen LogP contribution is 2.14. The molecule has 1 aliphatic heterocycles. The van der Waals surface area contributed by atoms with Gasteiger partial charge in [0.1, 0.15) is 0 Å². The average molecular weight is 257 g/mol. The number of Topliss-reactive ketones (excluding diaryl/α,β-unsaturated/α-hetero) is 1. The average Bonchev–Trinajstić information content (AvgIpc) is 2.86. The molecule has 5 nitrogen and oxygen atoms in total. The van der Waals surface area contributed by atoms with Crippen molar-refractivity contribution < 1.29 is 9.59 Å². The second-order valence-electron chi connectivity index (χ2n) is 4.89. The lowest BCUT2D eigenvalue weighted by atomic mass is 10.1. The minimum absolute atomic E-state index is 0.0203. The summed E-state index contributed by atoms with van der Waals surface area (Å²) in [5, 5.41) is 0. The van der Waals surface area contributed by atoms with E-state index in [1.54, 1.807) is 11.2 Å². The first-order valence-electron chi connectivity index (χ1n) is 6.44. The Hall–Kier alpha value is -2.17. The molecule has 0 radical (unpaired) electrons. The molecule has 1 aromatic heterocycles. The standard InChI is InChI=1S/C14H15N3O2/c18-11-2-1-5-17(8-11)14(19)7-10-3-4-12-13(6-10)16-9-15-12/h3-4,6,9H,1-2,5,7-8H2,(H,15,16).